The molecule has 4 amide bonds. The van der Waals surface area contributed by atoms with Crippen molar-refractivity contribution < 1.29 is 38.2 Å². The van der Waals surface area contributed by atoms with Crippen LogP contribution in [0.5, 0.6) is 0 Å². The number of rotatable bonds is 8. The third-order valence-corrected chi connectivity index (χ3v) is 5.28. The van der Waals surface area contributed by atoms with Crippen LogP contribution >= 0.6 is 0 Å². The number of methoxy groups -OCH3 is 1. The quantitative estimate of drug-likeness (QED) is 0.162. The van der Waals surface area contributed by atoms with Crippen molar-refractivity contribution in [2.24, 2.45) is 11.5 Å². The zero-order valence-electron chi connectivity index (χ0n) is 22.1. The van der Waals surface area contributed by atoms with Crippen LogP contribution in [0.2, 0.25) is 0 Å². The average Bonchev–Trinajstić information content (AvgIpc) is 2.82. The molecule has 1 rings (SSSR count). The van der Waals surface area contributed by atoms with E-state index in [1.54, 1.807) is 20.8 Å². The molecule has 1 heterocycles. The molecule has 0 aromatic carbocycles. The van der Waals surface area contributed by atoms with E-state index < -0.39 is 59.7 Å². The zero-order valence-corrected chi connectivity index (χ0v) is 22.1. The lowest BCUT2D eigenvalue weighted by molar-refractivity contribution is -0.145. The molecule has 0 bridgehead atoms. The molecular weight excluding hydrogens is 488 g/mol. The molecule has 0 saturated carbocycles. The fraction of sp³-hybridized carbons (Fsp3) is 0.783. The van der Waals surface area contributed by atoms with Crippen molar-refractivity contribution in [3.8, 4) is 0 Å². The molecule has 1 aliphatic heterocycles. The summed E-state index contributed by atoms with van der Waals surface area (Å²) in [7, 11) is 1.21. The summed E-state index contributed by atoms with van der Waals surface area (Å²) in [6, 6.07) is -2.95. The third-order valence-electron chi connectivity index (χ3n) is 5.28. The van der Waals surface area contributed by atoms with Gasteiger partial charge in [-0.1, -0.05) is 0 Å². The minimum absolute atomic E-state index is 0.154. The molecule has 4 unspecified atom stereocenters. The Labute approximate surface area is 217 Å². The lowest BCUT2D eigenvalue weighted by Gasteiger charge is -2.23. The van der Waals surface area contributed by atoms with Gasteiger partial charge in [0.1, 0.15) is 17.7 Å². The van der Waals surface area contributed by atoms with Gasteiger partial charge in [0.25, 0.3) is 5.91 Å². The Morgan fingerprint density at radius 3 is 2.49 bits per heavy atom. The second kappa shape index (κ2) is 16.0. The van der Waals surface area contributed by atoms with Gasteiger partial charge in [-0.3, -0.25) is 14.4 Å². The predicted molar refractivity (Wildman–Crippen MR) is 133 cm³/mol. The van der Waals surface area contributed by atoms with Gasteiger partial charge in [0, 0.05) is 13.2 Å². The fourth-order valence-electron chi connectivity index (χ4n) is 3.31. The number of hydrogen-bond donors (Lipinski definition) is 6. The number of alkyl carbamates (subject to hydrolysis) is 1. The summed E-state index contributed by atoms with van der Waals surface area (Å²) in [5.74, 6) is -2.70. The highest BCUT2D eigenvalue weighted by Gasteiger charge is 2.29. The van der Waals surface area contributed by atoms with Gasteiger partial charge in [-0.2, -0.15) is 0 Å². The summed E-state index contributed by atoms with van der Waals surface area (Å²) < 4.78 is 15.4. The first-order valence-electron chi connectivity index (χ1n) is 12.4. The molecule has 212 valence electrons. The van der Waals surface area contributed by atoms with Gasteiger partial charge in [-0.25, -0.2) is 9.59 Å². The number of amides is 4. The highest BCUT2D eigenvalue weighted by Crippen LogP contribution is 2.07. The summed E-state index contributed by atoms with van der Waals surface area (Å²) in [5.41, 5.74) is 11.2. The molecule has 0 spiro atoms. The van der Waals surface area contributed by atoms with Crippen LogP contribution in [0.15, 0.2) is 0 Å². The molecule has 37 heavy (non-hydrogen) atoms. The van der Waals surface area contributed by atoms with Crippen molar-refractivity contribution in [1.29, 1.82) is 0 Å². The fourth-order valence-corrected chi connectivity index (χ4v) is 3.31. The van der Waals surface area contributed by atoms with Gasteiger partial charge >= 0.3 is 12.1 Å². The summed E-state index contributed by atoms with van der Waals surface area (Å²) in [5, 5.41) is 9.95. The summed E-state index contributed by atoms with van der Waals surface area (Å²) in [6.45, 7) is 5.77. The second-order valence-electron chi connectivity index (χ2n) is 9.73. The Kier molecular flexibility index (Phi) is 13.9. The van der Waals surface area contributed by atoms with Crippen molar-refractivity contribution in [2.75, 3.05) is 26.9 Å². The predicted octanol–water partition coefficient (Wildman–Crippen LogP) is -1.25. The van der Waals surface area contributed by atoms with Crippen LogP contribution in [0.25, 0.3) is 0 Å². The lowest BCUT2D eigenvalue weighted by atomic mass is 10.1. The van der Waals surface area contributed by atoms with E-state index in [1.807, 2.05) is 0 Å². The average molecular weight is 531 g/mol. The Balaban J connectivity index is 2.59. The van der Waals surface area contributed by atoms with Crippen molar-refractivity contribution >= 4 is 29.8 Å². The maximum Gasteiger partial charge on any atom is 0.407 e. The number of ether oxygens (including phenoxy) is 3. The number of carbonyl (C=O) groups is 5. The Morgan fingerprint density at radius 2 is 1.84 bits per heavy atom. The van der Waals surface area contributed by atoms with Crippen LogP contribution in [0, 0.1) is 0 Å². The lowest BCUT2D eigenvalue weighted by Crippen LogP contribution is -2.60. The van der Waals surface area contributed by atoms with Crippen LogP contribution in [0.3, 0.4) is 0 Å². The number of hydrogen-bond acceptors (Lipinski definition) is 10. The molecule has 14 nitrogen and oxygen atoms in total. The molecule has 0 radical (unpaired) electrons. The van der Waals surface area contributed by atoms with Crippen LogP contribution < -0.4 is 32.7 Å². The van der Waals surface area contributed by atoms with Crippen molar-refractivity contribution in [1.82, 2.24) is 21.3 Å². The number of nitrogens with two attached hydrogens (primary N) is 2. The minimum atomic E-state index is -1.47. The molecule has 14 heteroatoms. The number of carbonyl (C=O) groups excluding carboxylic acids is 5. The van der Waals surface area contributed by atoms with Gasteiger partial charge in [-0.15, -0.1) is 0 Å². The van der Waals surface area contributed by atoms with E-state index in [2.05, 4.69) is 21.3 Å². The summed E-state index contributed by atoms with van der Waals surface area (Å²) >= 11 is 0. The molecular formula is C23H42N6O8. The number of esters is 1. The number of nitrogens with one attached hydrogen (secondary N) is 4. The van der Waals surface area contributed by atoms with Gasteiger partial charge < -0.3 is 46.9 Å². The molecule has 1 saturated heterocycles. The van der Waals surface area contributed by atoms with E-state index in [9.17, 15) is 24.0 Å². The van der Waals surface area contributed by atoms with Gasteiger partial charge in [-0.05, 0) is 59.3 Å². The SMILES string of the molecule is COC(=O)C1CCCCOCC(NC(=O)C(N)CCCCNC(=O)OC(C)(C)C)C(=O)NC(N)C(=O)N1. The summed E-state index contributed by atoms with van der Waals surface area (Å²) in [4.78, 5) is 61.3. The van der Waals surface area contributed by atoms with E-state index in [0.717, 1.165) is 0 Å². The molecule has 1 fully saturated rings. The maximum absolute atomic E-state index is 12.7. The first kappa shape index (κ1) is 32.1. The van der Waals surface area contributed by atoms with Gasteiger partial charge in [0.2, 0.25) is 11.8 Å². The van der Waals surface area contributed by atoms with Crippen LogP contribution in [0.1, 0.15) is 59.3 Å². The summed E-state index contributed by atoms with van der Waals surface area (Å²) in [6.07, 6.45) is 0.847. The Morgan fingerprint density at radius 1 is 1.14 bits per heavy atom. The zero-order chi connectivity index (χ0) is 28.0. The first-order chi connectivity index (χ1) is 17.3. The van der Waals surface area contributed by atoms with E-state index >= 15 is 0 Å². The van der Waals surface area contributed by atoms with E-state index in [4.69, 9.17) is 25.7 Å². The van der Waals surface area contributed by atoms with Crippen LogP contribution in [-0.2, 0) is 33.4 Å². The van der Waals surface area contributed by atoms with E-state index in [0.29, 0.717) is 45.1 Å². The monoisotopic (exact) mass is 530 g/mol. The van der Waals surface area contributed by atoms with Crippen molar-refractivity contribution in [3.63, 3.8) is 0 Å². The van der Waals surface area contributed by atoms with Crippen LogP contribution in [0.4, 0.5) is 4.79 Å². The molecule has 0 aliphatic carbocycles. The Bertz CT molecular complexity index is 788. The molecule has 8 N–H and O–H groups in total. The first-order valence-corrected chi connectivity index (χ1v) is 12.4. The normalized spacial score (nSPS) is 22.6. The molecule has 0 aromatic heterocycles. The standard InChI is InChI=1S/C23H42N6O8/c1-23(2,3)37-22(34)26-11-7-5-9-14(24)18(30)28-16-13-36-12-8-6-10-15(21(33)35-4)27-20(32)17(25)29-19(16)31/h14-17H,5-13,24-25H2,1-4H3,(H,26,34)(H,27,32)(H,28,30)(H,29,31). The Hall–Kier alpha value is -2.97. The molecule has 4 atom stereocenters. The third kappa shape index (κ3) is 13.2. The largest absolute Gasteiger partial charge is 0.467 e. The molecule has 1 aliphatic rings. The van der Waals surface area contributed by atoms with Gasteiger partial charge in [0.05, 0.1) is 19.8 Å². The van der Waals surface area contributed by atoms with Crippen molar-refractivity contribution in [2.45, 2.75) is 89.2 Å². The van der Waals surface area contributed by atoms with Gasteiger partial charge in [0.15, 0.2) is 6.17 Å². The second-order valence-corrected chi connectivity index (χ2v) is 9.73. The topological polar surface area (TPSA) is 213 Å². The highest BCUT2D eigenvalue weighted by molar-refractivity contribution is 5.94. The maximum atomic E-state index is 12.7. The highest BCUT2D eigenvalue weighted by atomic mass is 16.6. The minimum Gasteiger partial charge on any atom is -0.467 e. The molecule has 0 aromatic rings. The van der Waals surface area contributed by atoms with E-state index in [-0.39, 0.29) is 13.2 Å². The smallest absolute Gasteiger partial charge is 0.407 e. The van der Waals surface area contributed by atoms with Crippen LogP contribution in [-0.4, -0.2) is 86.5 Å². The van der Waals surface area contributed by atoms with Crippen molar-refractivity contribution in [3.05, 3.63) is 0 Å². The number of unbranched alkanes of at least 4 members (excludes halogenated alkanes) is 1. The van der Waals surface area contributed by atoms with E-state index in [1.165, 1.54) is 7.11 Å².